The molecule has 1 heterocycles. The zero-order valence-electron chi connectivity index (χ0n) is 8.07. The zero-order chi connectivity index (χ0) is 10.2. The van der Waals surface area contributed by atoms with Gasteiger partial charge in [-0.25, -0.2) is 9.97 Å². The van der Waals surface area contributed by atoms with E-state index in [0.717, 1.165) is 13.0 Å². The summed E-state index contributed by atoms with van der Waals surface area (Å²) in [6.45, 7) is 2.80. The fourth-order valence-corrected chi connectivity index (χ4v) is 0.961. The SMILES string of the molecule is C/C=C/CCNc1ccnc(C#N)n1. The zero-order valence-corrected chi connectivity index (χ0v) is 8.07. The summed E-state index contributed by atoms with van der Waals surface area (Å²) >= 11 is 0. The summed E-state index contributed by atoms with van der Waals surface area (Å²) in [6.07, 6.45) is 6.59. The number of nitrogens with one attached hydrogen (secondary N) is 1. The molecule has 0 unspecified atom stereocenters. The van der Waals surface area contributed by atoms with E-state index in [1.165, 1.54) is 0 Å². The Balaban J connectivity index is 2.47. The van der Waals surface area contributed by atoms with Gasteiger partial charge in [0.25, 0.3) is 0 Å². The van der Waals surface area contributed by atoms with Crippen molar-refractivity contribution < 1.29 is 0 Å². The molecule has 1 aromatic heterocycles. The van der Waals surface area contributed by atoms with Crippen LogP contribution in [0, 0.1) is 11.3 Å². The number of nitrogens with zero attached hydrogens (tertiary/aromatic N) is 3. The average molecular weight is 188 g/mol. The molecule has 1 rings (SSSR count). The second-order valence-electron chi connectivity index (χ2n) is 2.66. The van der Waals surface area contributed by atoms with E-state index < -0.39 is 0 Å². The van der Waals surface area contributed by atoms with Crippen molar-refractivity contribution in [3.05, 3.63) is 30.2 Å². The molecule has 0 aliphatic rings. The van der Waals surface area contributed by atoms with Crippen molar-refractivity contribution in [3.8, 4) is 6.07 Å². The Labute approximate surface area is 83.3 Å². The first-order chi connectivity index (χ1) is 6.86. The lowest BCUT2D eigenvalue weighted by atomic mass is 10.4. The van der Waals surface area contributed by atoms with Crippen LogP contribution in [-0.2, 0) is 0 Å². The Bertz CT molecular complexity index is 351. The molecule has 1 aromatic rings. The van der Waals surface area contributed by atoms with E-state index in [1.807, 2.05) is 19.1 Å². The Morgan fingerprint density at radius 2 is 2.50 bits per heavy atom. The van der Waals surface area contributed by atoms with Crippen molar-refractivity contribution in [1.82, 2.24) is 9.97 Å². The molecule has 72 valence electrons. The summed E-state index contributed by atoms with van der Waals surface area (Å²) in [5, 5.41) is 11.7. The van der Waals surface area contributed by atoms with E-state index in [1.54, 1.807) is 12.3 Å². The molecule has 4 heteroatoms. The van der Waals surface area contributed by atoms with Gasteiger partial charge in [-0.1, -0.05) is 12.2 Å². The molecule has 14 heavy (non-hydrogen) atoms. The van der Waals surface area contributed by atoms with Crippen LogP contribution < -0.4 is 5.32 Å². The molecular weight excluding hydrogens is 176 g/mol. The van der Waals surface area contributed by atoms with E-state index in [-0.39, 0.29) is 5.82 Å². The Morgan fingerprint density at radius 1 is 1.64 bits per heavy atom. The minimum Gasteiger partial charge on any atom is -0.370 e. The number of hydrogen-bond donors (Lipinski definition) is 1. The monoisotopic (exact) mass is 188 g/mol. The van der Waals surface area contributed by atoms with Crippen LogP contribution in [0.15, 0.2) is 24.4 Å². The first-order valence-electron chi connectivity index (χ1n) is 4.45. The van der Waals surface area contributed by atoms with Crippen molar-refractivity contribution >= 4 is 5.82 Å². The third-order valence-electron chi connectivity index (χ3n) is 1.61. The number of nitriles is 1. The smallest absolute Gasteiger partial charge is 0.234 e. The molecule has 4 nitrogen and oxygen atoms in total. The van der Waals surface area contributed by atoms with E-state index >= 15 is 0 Å². The van der Waals surface area contributed by atoms with Crippen LogP contribution in [0.5, 0.6) is 0 Å². The molecule has 0 fully saturated rings. The van der Waals surface area contributed by atoms with Gasteiger partial charge in [-0.3, -0.25) is 0 Å². The molecule has 0 radical (unpaired) electrons. The van der Waals surface area contributed by atoms with Gasteiger partial charge in [0, 0.05) is 12.7 Å². The van der Waals surface area contributed by atoms with E-state index in [0.29, 0.717) is 5.82 Å². The summed E-state index contributed by atoms with van der Waals surface area (Å²) < 4.78 is 0. The van der Waals surface area contributed by atoms with Gasteiger partial charge in [-0.15, -0.1) is 0 Å². The number of anilines is 1. The highest BCUT2D eigenvalue weighted by Gasteiger charge is 1.95. The van der Waals surface area contributed by atoms with E-state index in [9.17, 15) is 0 Å². The lowest BCUT2D eigenvalue weighted by Crippen LogP contribution is -2.03. The molecular formula is C10H12N4. The number of allylic oxidation sites excluding steroid dienone is 1. The summed E-state index contributed by atoms with van der Waals surface area (Å²) in [4.78, 5) is 7.76. The van der Waals surface area contributed by atoms with Crippen LogP contribution >= 0.6 is 0 Å². The van der Waals surface area contributed by atoms with Crippen LogP contribution in [0.1, 0.15) is 19.2 Å². The third-order valence-corrected chi connectivity index (χ3v) is 1.61. The highest BCUT2D eigenvalue weighted by Crippen LogP contribution is 2.00. The fourth-order valence-electron chi connectivity index (χ4n) is 0.961. The first-order valence-corrected chi connectivity index (χ1v) is 4.45. The largest absolute Gasteiger partial charge is 0.370 e. The van der Waals surface area contributed by atoms with Gasteiger partial charge in [-0.05, 0) is 19.4 Å². The van der Waals surface area contributed by atoms with Gasteiger partial charge >= 0.3 is 0 Å². The number of aromatic nitrogens is 2. The molecule has 0 spiro atoms. The molecule has 0 aliphatic heterocycles. The Kier molecular flexibility index (Phi) is 4.15. The summed E-state index contributed by atoms with van der Waals surface area (Å²) in [5.41, 5.74) is 0. The van der Waals surface area contributed by atoms with Gasteiger partial charge in [0.05, 0.1) is 0 Å². The maximum atomic E-state index is 8.56. The highest BCUT2D eigenvalue weighted by atomic mass is 15.0. The minimum absolute atomic E-state index is 0.195. The van der Waals surface area contributed by atoms with Crippen molar-refractivity contribution in [3.63, 3.8) is 0 Å². The highest BCUT2D eigenvalue weighted by molar-refractivity contribution is 5.34. The molecule has 1 N–H and O–H groups in total. The Morgan fingerprint density at radius 3 is 3.21 bits per heavy atom. The second-order valence-corrected chi connectivity index (χ2v) is 2.66. The second kappa shape index (κ2) is 5.70. The molecule has 0 saturated heterocycles. The van der Waals surface area contributed by atoms with Gasteiger partial charge in [0.2, 0.25) is 5.82 Å². The van der Waals surface area contributed by atoms with Gasteiger partial charge in [0.1, 0.15) is 11.9 Å². The van der Waals surface area contributed by atoms with E-state index in [4.69, 9.17) is 5.26 Å². The third kappa shape index (κ3) is 3.23. The fraction of sp³-hybridized carbons (Fsp3) is 0.300. The first kappa shape index (κ1) is 10.2. The number of hydrogen-bond acceptors (Lipinski definition) is 4. The molecule has 0 amide bonds. The topological polar surface area (TPSA) is 61.6 Å². The predicted molar refractivity (Wildman–Crippen MR) is 54.7 cm³/mol. The Hall–Kier alpha value is -1.89. The summed E-state index contributed by atoms with van der Waals surface area (Å²) in [7, 11) is 0. The normalized spacial score (nSPS) is 10.0. The van der Waals surface area contributed by atoms with Crippen LogP contribution in [0.2, 0.25) is 0 Å². The molecule has 0 aliphatic carbocycles. The van der Waals surface area contributed by atoms with Crippen molar-refractivity contribution in [1.29, 1.82) is 5.26 Å². The lowest BCUT2D eigenvalue weighted by molar-refractivity contribution is 1.02. The molecule has 0 saturated carbocycles. The summed E-state index contributed by atoms with van der Waals surface area (Å²) in [6, 6.07) is 3.64. The van der Waals surface area contributed by atoms with Crippen molar-refractivity contribution in [2.75, 3.05) is 11.9 Å². The van der Waals surface area contributed by atoms with Crippen LogP contribution in [0.3, 0.4) is 0 Å². The van der Waals surface area contributed by atoms with Crippen LogP contribution in [0.25, 0.3) is 0 Å². The summed E-state index contributed by atoms with van der Waals surface area (Å²) in [5.74, 6) is 0.891. The van der Waals surface area contributed by atoms with Gasteiger partial charge in [0.15, 0.2) is 0 Å². The minimum atomic E-state index is 0.195. The van der Waals surface area contributed by atoms with Crippen molar-refractivity contribution in [2.45, 2.75) is 13.3 Å². The molecule has 0 aromatic carbocycles. The maximum absolute atomic E-state index is 8.56. The predicted octanol–water partition coefficient (Wildman–Crippen LogP) is 1.73. The number of rotatable bonds is 4. The van der Waals surface area contributed by atoms with Crippen molar-refractivity contribution in [2.24, 2.45) is 0 Å². The quantitative estimate of drug-likeness (QED) is 0.577. The molecule has 0 bridgehead atoms. The van der Waals surface area contributed by atoms with Crippen LogP contribution in [-0.4, -0.2) is 16.5 Å². The lowest BCUT2D eigenvalue weighted by Gasteiger charge is -2.02. The van der Waals surface area contributed by atoms with E-state index in [2.05, 4.69) is 21.4 Å². The van der Waals surface area contributed by atoms with Gasteiger partial charge in [-0.2, -0.15) is 5.26 Å². The average Bonchev–Trinajstić information content (AvgIpc) is 2.25. The van der Waals surface area contributed by atoms with Gasteiger partial charge < -0.3 is 5.32 Å². The maximum Gasteiger partial charge on any atom is 0.234 e. The molecule has 0 atom stereocenters. The van der Waals surface area contributed by atoms with Crippen LogP contribution in [0.4, 0.5) is 5.82 Å². The standard InChI is InChI=1S/C10H12N4/c1-2-3-4-6-12-9-5-7-13-10(8-11)14-9/h2-3,5,7H,4,6H2,1H3,(H,12,13,14)/b3-2+.